The van der Waals surface area contributed by atoms with Crippen molar-refractivity contribution in [1.29, 1.82) is 0 Å². The number of anilines is 1. The maximum atomic E-state index is 11.1. The summed E-state index contributed by atoms with van der Waals surface area (Å²) in [7, 11) is 0. The zero-order valence-corrected chi connectivity index (χ0v) is 13.3. The molecule has 2 rings (SSSR count). The maximum absolute atomic E-state index is 11.1. The molecule has 0 saturated heterocycles. The molecule has 21 heavy (non-hydrogen) atoms. The molecule has 0 unspecified atom stereocenters. The normalized spacial score (nSPS) is 10.4. The van der Waals surface area contributed by atoms with Gasteiger partial charge in [0.05, 0.1) is 17.0 Å². The van der Waals surface area contributed by atoms with Crippen LogP contribution in [0, 0.1) is 17.0 Å². The number of nitro benzene ring substituents is 1. The van der Waals surface area contributed by atoms with Crippen LogP contribution in [0.5, 0.6) is 0 Å². The van der Waals surface area contributed by atoms with E-state index < -0.39 is 10.9 Å². The second-order valence-electron chi connectivity index (χ2n) is 4.28. The highest BCUT2D eigenvalue weighted by Crippen LogP contribution is 2.29. The van der Waals surface area contributed by atoms with Gasteiger partial charge in [0.15, 0.2) is 0 Å². The SMILES string of the molecule is Cc1c(NCc2sccc2Br)cc(C(=O)O)cc1[N+](=O)[O-]. The summed E-state index contributed by atoms with van der Waals surface area (Å²) < 4.78 is 0.946. The van der Waals surface area contributed by atoms with Gasteiger partial charge in [0.1, 0.15) is 0 Å². The molecule has 8 heteroatoms. The number of thiophene rings is 1. The van der Waals surface area contributed by atoms with Crippen LogP contribution in [-0.4, -0.2) is 16.0 Å². The molecule has 0 aliphatic rings. The fraction of sp³-hybridized carbons (Fsp3) is 0.154. The van der Waals surface area contributed by atoms with Crippen LogP contribution in [-0.2, 0) is 6.54 Å². The molecule has 0 spiro atoms. The number of rotatable bonds is 5. The van der Waals surface area contributed by atoms with Gasteiger partial charge in [0.25, 0.3) is 5.69 Å². The number of carboxylic acid groups (broad SMARTS) is 1. The van der Waals surface area contributed by atoms with E-state index in [1.54, 1.807) is 6.92 Å². The standard InChI is InChI=1S/C13H11BrN2O4S/c1-7-10(15-6-12-9(14)2-3-21-12)4-8(13(17)18)5-11(7)16(19)20/h2-5,15H,6H2,1H3,(H,17,18). The fourth-order valence-corrected chi connectivity index (χ4v) is 3.25. The van der Waals surface area contributed by atoms with Gasteiger partial charge in [-0.05, 0) is 40.4 Å². The number of aromatic carboxylic acids is 1. The number of hydrogen-bond donors (Lipinski definition) is 2. The smallest absolute Gasteiger partial charge is 0.336 e. The summed E-state index contributed by atoms with van der Waals surface area (Å²) in [5, 5.41) is 25.0. The second-order valence-corrected chi connectivity index (χ2v) is 6.13. The van der Waals surface area contributed by atoms with Gasteiger partial charge in [0, 0.05) is 26.7 Å². The predicted octanol–water partition coefficient (Wildman–Crippen LogP) is 4.04. The number of carboxylic acids is 1. The van der Waals surface area contributed by atoms with E-state index in [0.717, 1.165) is 15.4 Å². The van der Waals surface area contributed by atoms with Crippen LogP contribution < -0.4 is 5.32 Å². The van der Waals surface area contributed by atoms with E-state index in [4.69, 9.17) is 5.11 Å². The third-order valence-electron chi connectivity index (χ3n) is 2.95. The summed E-state index contributed by atoms with van der Waals surface area (Å²) in [5.74, 6) is -1.20. The first-order valence-electron chi connectivity index (χ1n) is 5.88. The molecule has 0 aliphatic carbocycles. The van der Waals surface area contributed by atoms with Crippen LogP contribution in [0.25, 0.3) is 0 Å². The summed E-state index contributed by atoms with van der Waals surface area (Å²) >= 11 is 4.94. The Morgan fingerprint density at radius 1 is 1.52 bits per heavy atom. The number of nitro groups is 1. The Labute approximate surface area is 132 Å². The number of benzene rings is 1. The molecule has 6 nitrogen and oxygen atoms in total. The molecular weight excluding hydrogens is 360 g/mol. The Hall–Kier alpha value is -1.93. The molecule has 1 aromatic heterocycles. The zero-order chi connectivity index (χ0) is 15.6. The second kappa shape index (κ2) is 6.23. The van der Waals surface area contributed by atoms with Gasteiger partial charge in [-0.15, -0.1) is 11.3 Å². The van der Waals surface area contributed by atoms with E-state index in [2.05, 4.69) is 21.2 Å². The number of nitrogens with one attached hydrogen (secondary N) is 1. The topological polar surface area (TPSA) is 92.5 Å². The molecule has 0 atom stereocenters. The van der Waals surface area contributed by atoms with Crippen molar-refractivity contribution < 1.29 is 14.8 Å². The monoisotopic (exact) mass is 370 g/mol. The Morgan fingerprint density at radius 2 is 2.24 bits per heavy atom. The number of halogens is 1. The molecule has 0 radical (unpaired) electrons. The molecule has 0 saturated carbocycles. The maximum Gasteiger partial charge on any atom is 0.336 e. The molecule has 1 heterocycles. The van der Waals surface area contributed by atoms with Gasteiger partial charge in [-0.1, -0.05) is 0 Å². The lowest BCUT2D eigenvalue weighted by atomic mass is 10.1. The Balaban J connectivity index is 2.35. The van der Waals surface area contributed by atoms with Crippen molar-refractivity contribution in [3.63, 3.8) is 0 Å². The summed E-state index contributed by atoms with van der Waals surface area (Å²) in [5.41, 5.74) is 0.544. The number of hydrogen-bond acceptors (Lipinski definition) is 5. The molecule has 2 aromatic rings. The first-order chi connectivity index (χ1) is 9.90. The van der Waals surface area contributed by atoms with Gasteiger partial charge in [-0.25, -0.2) is 4.79 Å². The van der Waals surface area contributed by atoms with Crippen LogP contribution >= 0.6 is 27.3 Å². The van der Waals surface area contributed by atoms with Crippen molar-refractivity contribution in [3.8, 4) is 0 Å². The van der Waals surface area contributed by atoms with Crippen molar-refractivity contribution in [2.45, 2.75) is 13.5 Å². The Morgan fingerprint density at radius 3 is 2.76 bits per heavy atom. The zero-order valence-electron chi connectivity index (χ0n) is 10.9. The van der Waals surface area contributed by atoms with Crippen LogP contribution in [0.1, 0.15) is 20.8 Å². The summed E-state index contributed by atoms with van der Waals surface area (Å²) in [4.78, 5) is 22.5. The largest absolute Gasteiger partial charge is 0.478 e. The van der Waals surface area contributed by atoms with Crippen LogP contribution in [0.4, 0.5) is 11.4 Å². The lowest BCUT2D eigenvalue weighted by molar-refractivity contribution is -0.385. The van der Waals surface area contributed by atoms with Gasteiger partial charge < -0.3 is 10.4 Å². The van der Waals surface area contributed by atoms with Crippen molar-refractivity contribution >= 4 is 44.6 Å². The van der Waals surface area contributed by atoms with Crippen molar-refractivity contribution in [3.05, 3.63) is 54.2 Å². The highest BCUT2D eigenvalue weighted by molar-refractivity contribution is 9.10. The molecule has 1 aromatic carbocycles. The van der Waals surface area contributed by atoms with Crippen LogP contribution in [0.3, 0.4) is 0 Å². The molecular formula is C13H11BrN2O4S. The summed E-state index contributed by atoms with van der Waals surface area (Å²) in [6.07, 6.45) is 0. The predicted molar refractivity (Wildman–Crippen MR) is 84.1 cm³/mol. The summed E-state index contributed by atoms with van der Waals surface area (Å²) in [6.45, 7) is 2.05. The lowest BCUT2D eigenvalue weighted by Gasteiger charge is -2.10. The minimum Gasteiger partial charge on any atom is -0.478 e. The van der Waals surface area contributed by atoms with Crippen LogP contribution in [0.15, 0.2) is 28.1 Å². The van der Waals surface area contributed by atoms with Crippen molar-refractivity contribution in [1.82, 2.24) is 0 Å². The van der Waals surface area contributed by atoms with E-state index in [1.807, 2.05) is 11.4 Å². The quantitative estimate of drug-likeness (QED) is 0.611. The summed E-state index contributed by atoms with van der Waals surface area (Å²) in [6, 6.07) is 4.39. The van der Waals surface area contributed by atoms with E-state index >= 15 is 0 Å². The van der Waals surface area contributed by atoms with Gasteiger partial charge >= 0.3 is 5.97 Å². The lowest BCUT2D eigenvalue weighted by Crippen LogP contribution is -2.06. The third kappa shape index (κ3) is 3.40. The average molecular weight is 371 g/mol. The molecule has 2 N–H and O–H groups in total. The Bertz CT molecular complexity index is 714. The fourth-order valence-electron chi connectivity index (χ4n) is 1.82. The first kappa shape index (κ1) is 15.5. The third-order valence-corrected chi connectivity index (χ3v) is 4.88. The highest BCUT2D eigenvalue weighted by atomic mass is 79.9. The van der Waals surface area contributed by atoms with E-state index in [1.165, 1.54) is 17.4 Å². The van der Waals surface area contributed by atoms with Gasteiger partial charge in [-0.2, -0.15) is 0 Å². The van der Waals surface area contributed by atoms with Gasteiger partial charge in [0.2, 0.25) is 0 Å². The minimum atomic E-state index is -1.20. The van der Waals surface area contributed by atoms with Crippen molar-refractivity contribution in [2.75, 3.05) is 5.32 Å². The highest BCUT2D eigenvalue weighted by Gasteiger charge is 2.19. The molecule has 110 valence electrons. The number of carbonyl (C=O) groups is 1. The van der Waals surface area contributed by atoms with E-state index in [-0.39, 0.29) is 11.3 Å². The molecule has 0 amide bonds. The van der Waals surface area contributed by atoms with Crippen molar-refractivity contribution in [2.24, 2.45) is 0 Å². The van der Waals surface area contributed by atoms with E-state index in [0.29, 0.717) is 17.8 Å². The molecule has 0 aliphatic heterocycles. The number of nitrogens with zero attached hydrogens (tertiary/aromatic N) is 1. The van der Waals surface area contributed by atoms with E-state index in [9.17, 15) is 14.9 Å². The first-order valence-corrected chi connectivity index (χ1v) is 7.55. The Kier molecular flexibility index (Phi) is 4.59. The molecule has 0 fully saturated rings. The molecule has 0 bridgehead atoms. The minimum absolute atomic E-state index is 0.111. The van der Waals surface area contributed by atoms with Gasteiger partial charge in [-0.3, -0.25) is 10.1 Å². The average Bonchev–Trinajstić information content (AvgIpc) is 2.82. The van der Waals surface area contributed by atoms with Crippen LogP contribution in [0.2, 0.25) is 0 Å².